The summed E-state index contributed by atoms with van der Waals surface area (Å²) in [7, 11) is -4.07. The molecule has 0 heterocycles. The van der Waals surface area contributed by atoms with Gasteiger partial charge in [0.1, 0.15) is 0 Å². The molecule has 0 radical (unpaired) electrons. The normalized spacial score (nSPS) is 14.2. The average Bonchev–Trinajstić information content (AvgIpc) is 2.28. The number of benzene rings is 1. The largest absolute Gasteiger partial charge is 0.390 e. The zero-order chi connectivity index (χ0) is 16.4. The number of hydrogen-bond donors (Lipinski definition) is 2. The Hall–Kier alpha value is -0.640. The quantitative estimate of drug-likeness (QED) is 0.814. The minimum absolute atomic E-state index is 0.114. The van der Waals surface area contributed by atoms with E-state index in [2.05, 4.69) is 15.9 Å². The van der Waals surface area contributed by atoms with Gasteiger partial charge in [0.25, 0.3) is 0 Å². The SMILES string of the molecule is Cc1cc(CN)cc(S(=O)(=O)NC(C)CC(F)(F)F)c1Br. The number of aryl methyl sites for hydroxylation is 1. The van der Waals surface area contributed by atoms with Crippen LogP contribution >= 0.6 is 15.9 Å². The lowest BCUT2D eigenvalue weighted by Crippen LogP contribution is -2.36. The van der Waals surface area contributed by atoms with Crippen LogP contribution in [0.3, 0.4) is 0 Å². The summed E-state index contributed by atoms with van der Waals surface area (Å²) in [6.07, 6.45) is -5.67. The highest BCUT2D eigenvalue weighted by molar-refractivity contribution is 9.10. The molecule has 0 aliphatic rings. The first kappa shape index (κ1) is 18.4. The molecule has 0 aliphatic carbocycles. The summed E-state index contributed by atoms with van der Waals surface area (Å²) in [6.45, 7) is 2.98. The van der Waals surface area contributed by atoms with E-state index in [4.69, 9.17) is 5.73 Å². The zero-order valence-corrected chi connectivity index (χ0v) is 13.9. The molecule has 0 bridgehead atoms. The van der Waals surface area contributed by atoms with E-state index < -0.39 is 28.7 Å². The first-order valence-electron chi connectivity index (χ1n) is 6.04. The van der Waals surface area contributed by atoms with Crippen LogP contribution in [-0.2, 0) is 16.6 Å². The van der Waals surface area contributed by atoms with E-state index in [0.29, 0.717) is 15.6 Å². The van der Waals surface area contributed by atoms with Gasteiger partial charge in [-0.2, -0.15) is 13.2 Å². The van der Waals surface area contributed by atoms with E-state index in [9.17, 15) is 21.6 Å². The number of rotatable bonds is 5. The molecule has 1 aromatic rings. The number of sulfonamides is 1. The van der Waals surface area contributed by atoms with Crippen LogP contribution in [0, 0.1) is 6.92 Å². The predicted octanol–water partition coefficient (Wildman–Crippen LogP) is 2.84. The van der Waals surface area contributed by atoms with Gasteiger partial charge in [0, 0.05) is 17.1 Å². The van der Waals surface area contributed by atoms with Crippen LogP contribution in [0.4, 0.5) is 13.2 Å². The van der Waals surface area contributed by atoms with Gasteiger partial charge in [-0.05, 0) is 47.0 Å². The van der Waals surface area contributed by atoms with E-state index in [0.717, 1.165) is 0 Å². The number of hydrogen-bond acceptors (Lipinski definition) is 3. The molecule has 0 saturated heterocycles. The molecule has 0 aromatic heterocycles. The molecule has 0 saturated carbocycles. The topological polar surface area (TPSA) is 72.2 Å². The Bertz CT molecular complexity index is 618. The third-order valence-electron chi connectivity index (χ3n) is 2.70. The third-order valence-corrected chi connectivity index (χ3v) is 5.63. The molecule has 120 valence electrons. The summed E-state index contributed by atoms with van der Waals surface area (Å²) >= 11 is 3.15. The van der Waals surface area contributed by atoms with Gasteiger partial charge in [0.05, 0.1) is 11.3 Å². The van der Waals surface area contributed by atoms with Gasteiger partial charge < -0.3 is 5.73 Å². The van der Waals surface area contributed by atoms with Crippen LogP contribution in [0.1, 0.15) is 24.5 Å². The van der Waals surface area contributed by atoms with E-state index in [1.165, 1.54) is 13.0 Å². The number of nitrogens with one attached hydrogen (secondary N) is 1. The highest BCUT2D eigenvalue weighted by Crippen LogP contribution is 2.28. The molecular formula is C12H16BrF3N2O2S. The second kappa shape index (κ2) is 6.64. The van der Waals surface area contributed by atoms with Crippen molar-refractivity contribution in [2.24, 2.45) is 5.73 Å². The van der Waals surface area contributed by atoms with Gasteiger partial charge in [-0.3, -0.25) is 0 Å². The molecule has 0 aliphatic heterocycles. The Morgan fingerprint density at radius 3 is 2.43 bits per heavy atom. The van der Waals surface area contributed by atoms with Gasteiger partial charge in [-0.1, -0.05) is 6.07 Å². The molecule has 3 N–H and O–H groups in total. The number of nitrogens with two attached hydrogens (primary N) is 1. The van der Waals surface area contributed by atoms with Crippen molar-refractivity contribution in [1.82, 2.24) is 4.72 Å². The maximum atomic E-state index is 12.3. The number of alkyl halides is 3. The van der Waals surface area contributed by atoms with E-state index in [1.807, 2.05) is 4.72 Å². The van der Waals surface area contributed by atoms with Crippen molar-refractivity contribution in [2.75, 3.05) is 0 Å². The fourth-order valence-electron chi connectivity index (χ4n) is 1.84. The van der Waals surface area contributed by atoms with E-state index >= 15 is 0 Å². The minimum atomic E-state index is -4.44. The monoisotopic (exact) mass is 388 g/mol. The van der Waals surface area contributed by atoms with Gasteiger partial charge in [-0.25, -0.2) is 13.1 Å². The lowest BCUT2D eigenvalue weighted by Gasteiger charge is -2.17. The molecule has 0 spiro atoms. The van der Waals surface area contributed by atoms with Gasteiger partial charge in [0.2, 0.25) is 10.0 Å². The first-order chi connectivity index (χ1) is 9.46. The lowest BCUT2D eigenvalue weighted by atomic mass is 10.1. The summed E-state index contributed by atoms with van der Waals surface area (Å²) in [5.74, 6) is 0. The van der Waals surface area contributed by atoms with Crippen molar-refractivity contribution in [2.45, 2.75) is 43.9 Å². The molecule has 21 heavy (non-hydrogen) atoms. The Labute approximate surface area is 130 Å². The average molecular weight is 389 g/mol. The Morgan fingerprint density at radius 2 is 1.95 bits per heavy atom. The van der Waals surface area contributed by atoms with Crippen LogP contribution in [0.15, 0.2) is 21.5 Å². The maximum absolute atomic E-state index is 12.3. The smallest absolute Gasteiger partial charge is 0.326 e. The molecule has 0 fully saturated rings. The lowest BCUT2D eigenvalue weighted by molar-refractivity contribution is -0.137. The summed E-state index contributed by atoms with van der Waals surface area (Å²) in [5, 5.41) is 0. The predicted molar refractivity (Wildman–Crippen MR) is 77.2 cm³/mol. The standard InChI is InChI=1S/C12H16BrF3N2O2S/c1-7-3-9(6-17)4-10(11(7)13)21(19,20)18-8(2)5-12(14,15)16/h3-4,8,18H,5-6,17H2,1-2H3. The zero-order valence-electron chi connectivity index (χ0n) is 11.5. The second-order valence-electron chi connectivity index (χ2n) is 4.77. The van der Waals surface area contributed by atoms with Crippen LogP contribution in [-0.4, -0.2) is 20.6 Å². The van der Waals surface area contributed by atoms with E-state index in [-0.39, 0.29) is 11.4 Å². The molecule has 1 aromatic carbocycles. The van der Waals surface area contributed by atoms with Crippen LogP contribution in [0.5, 0.6) is 0 Å². The van der Waals surface area contributed by atoms with Crippen LogP contribution in [0.2, 0.25) is 0 Å². The molecular weight excluding hydrogens is 373 g/mol. The molecule has 1 atom stereocenters. The van der Waals surface area contributed by atoms with Crippen molar-refractivity contribution in [3.8, 4) is 0 Å². The summed E-state index contributed by atoms with van der Waals surface area (Å²) in [6, 6.07) is 1.80. The minimum Gasteiger partial charge on any atom is -0.326 e. The van der Waals surface area contributed by atoms with Crippen molar-refractivity contribution < 1.29 is 21.6 Å². The third kappa shape index (κ3) is 5.24. The fraction of sp³-hybridized carbons (Fsp3) is 0.500. The van der Waals surface area contributed by atoms with E-state index in [1.54, 1.807) is 13.0 Å². The second-order valence-corrected chi connectivity index (χ2v) is 7.25. The summed E-state index contributed by atoms with van der Waals surface area (Å²) in [5.41, 5.74) is 6.71. The van der Waals surface area contributed by atoms with Crippen LogP contribution < -0.4 is 10.5 Å². The fourth-order valence-corrected chi connectivity index (χ4v) is 4.15. The van der Waals surface area contributed by atoms with Crippen molar-refractivity contribution in [1.29, 1.82) is 0 Å². The van der Waals surface area contributed by atoms with Gasteiger partial charge >= 0.3 is 6.18 Å². The van der Waals surface area contributed by atoms with Gasteiger partial charge in [-0.15, -0.1) is 0 Å². The Morgan fingerprint density at radius 1 is 1.38 bits per heavy atom. The summed E-state index contributed by atoms with van der Waals surface area (Å²) < 4.78 is 63.6. The summed E-state index contributed by atoms with van der Waals surface area (Å²) in [4.78, 5) is -0.114. The van der Waals surface area contributed by atoms with Crippen LogP contribution in [0.25, 0.3) is 0 Å². The highest BCUT2D eigenvalue weighted by atomic mass is 79.9. The first-order valence-corrected chi connectivity index (χ1v) is 8.32. The molecule has 1 unspecified atom stereocenters. The van der Waals surface area contributed by atoms with Gasteiger partial charge in [0.15, 0.2) is 0 Å². The Balaban J connectivity index is 3.11. The number of halogens is 4. The Kier molecular flexibility index (Phi) is 5.82. The van der Waals surface area contributed by atoms with Crippen molar-refractivity contribution >= 4 is 26.0 Å². The molecule has 1 rings (SSSR count). The van der Waals surface area contributed by atoms with Crippen molar-refractivity contribution in [3.63, 3.8) is 0 Å². The molecule has 4 nitrogen and oxygen atoms in total. The molecule has 9 heteroatoms. The highest BCUT2D eigenvalue weighted by Gasteiger charge is 2.32. The van der Waals surface area contributed by atoms with Crippen molar-refractivity contribution in [3.05, 3.63) is 27.7 Å². The molecule has 0 amide bonds. The maximum Gasteiger partial charge on any atom is 0.390 e.